The first kappa shape index (κ1) is 53.1. The molecule has 7 aromatic rings. The SMILES string of the molecule is CC(C)c1cccc(C(C)C)c1-c1cc(-c2cccc(-c3cc(-c4c(C(C)C)cccc4C(C)C)cc(-c4c(C(C)C)cccc4C(C)C)c3NC3C=CCC=C3)c2)cc(-c2c(C(C)C)cccc2C(C)C)c1. The van der Waals surface area contributed by atoms with Crippen LogP contribution in [0, 0.1) is 0 Å². The zero-order chi connectivity index (χ0) is 52.4. The number of rotatable bonds is 16. The molecular formula is C72H85N. The van der Waals surface area contributed by atoms with Crippen LogP contribution in [0.25, 0.3) is 66.8 Å². The van der Waals surface area contributed by atoms with E-state index in [1.54, 1.807) is 0 Å². The topological polar surface area (TPSA) is 12.0 Å². The van der Waals surface area contributed by atoms with Crippen LogP contribution in [0.5, 0.6) is 0 Å². The minimum atomic E-state index is 0.0507. The lowest BCUT2D eigenvalue weighted by atomic mass is 9.79. The Morgan fingerprint density at radius 1 is 0.301 bits per heavy atom. The third kappa shape index (κ3) is 11.0. The molecule has 0 amide bonds. The first-order valence-corrected chi connectivity index (χ1v) is 27.9. The largest absolute Gasteiger partial charge is 0.374 e. The minimum absolute atomic E-state index is 0.0507. The molecule has 8 rings (SSSR count). The first-order valence-electron chi connectivity index (χ1n) is 27.9. The van der Waals surface area contributed by atoms with Gasteiger partial charge < -0.3 is 5.32 Å². The lowest BCUT2D eigenvalue weighted by molar-refractivity contribution is 0.836. The zero-order valence-corrected chi connectivity index (χ0v) is 47.3. The van der Waals surface area contributed by atoms with E-state index in [1.165, 1.54) is 117 Å². The summed E-state index contributed by atoms with van der Waals surface area (Å²) < 4.78 is 0. The Kier molecular flexibility index (Phi) is 16.4. The van der Waals surface area contributed by atoms with Crippen molar-refractivity contribution in [2.45, 2.75) is 171 Å². The zero-order valence-electron chi connectivity index (χ0n) is 47.3. The molecule has 0 radical (unpaired) electrons. The van der Waals surface area contributed by atoms with Gasteiger partial charge in [0.1, 0.15) is 0 Å². The Bertz CT molecular complexity index is 2940. The number of benzene rings is 7. The van der Waals surface area contributed by atoms with Crippen molar-refractivity contribution in [3.05, 3.63) is 196 Å². The molecule has 1 heteroatoms. The van der Waals surface area contributed by atoms with E-state index in [0.717, 1.165) is 6.42 Å². The molecule has 0 atom stereocenters. The predicted molar refractivity (Wildman–Crippen MR) is 322 cm³/mol. The molecule has 73 heavy (non-hydrogen) atoms. The third-order valence-electron chi connectivity index (χ3n) is 15.5. The molecule has 0 bridgehead atoms. The smallest absolute Gasteiger partial charge is 0.0629 e. The molecule has 378 valence electrons. The highest BCUT2D eigenvalue weighted by Crippen LogP contribution is 2.50. The van der Waals surface area contributed by atoms with Gasteiger partial charge in [0.15, 0.2) is 0 Å². The van der Waals surface area contributed by atoms with Crippen molar-refractivity contribution >= 4 is 5.69 Å². The number of anilines is 1. The van der Waals surface area contributed by atoms with Crippen LogP contribution in [0.1, 0.15) is 209 Å². The van der Waals surface area contributed by atoms with Crippen molar-refractivity contribution in [1.82, 2.24) is 0 Å². The van der Waals surface area contributed by atoms with Crippen LogP contribution in [0.2, 0.25) is 0 Å². The Balaban J connectivity index is 1.51. The van der Waals surface area contributed by atoms with Crippen molar-refractivity contribution in [3.8, 4) is 66.8 Å². The van der Waals surface area contributed by atoms with E-state index in [-0.39, 0.29) is 6.04 Å². The van der Waals surface area contributed by atoms with E-state index >= 15 is 0 Å². The van der Waals surface area contributed by atoms with Gasteiger partial charge in [-0.1, -0.05) is 226 Å². The number of allylic oxidation sites excluding steroid dienone is 2. The van der Waals surface area contributed by atoms with Crippen molar-refractivity contribution in [2.75, 3.05) is 5.32 Å². The van der Waals surface area contributed by atoms with Gasteiger partial charge in [-0.15, -0.1) is 0 Å². The molecule has 0 unspecified atom stereocenters. The monoisotopic (exact) mass is 964 g/mol. The summed E-state index contributed by atoms with van der Waals surface area (Å²) in [5, 5.41) is 4.21. The van der Waals surface area contributed by atoms with Crippen LogP contribution in [-0.4, -0.2) is 6.04 Å². The van der Waals surface area contributed by atoms with E-state index < -0.39 is 0 Å². The summed E-state index contributed by atoms with van der Waals surface area (Å²) in [5.41, 5.74) is 27.9. The highest BCUT2D eigenvalue weighted by Gasteiger charge is 2.27. The Morgan fingerprint density at radius 3 is 0.959 bits per heavy atom. The van der Waals surface area contributed by atoms with Crippen molar-refractivity contribution in [3.63, 3.8) is 0 Å². The van der Waals surface area contributed by atoms with E-state index in [2.05, 4.69) is 268 Å². The molecule has 0 spiro atoms. The van der Waals surface area contributed by atoms with Crippen LogP contribution in [0.15, 0.2) is 152 Å². The first-order chi connectivity index (χ1) is 34.9. The van der Waals surface area contributed by atoms with Crippen LogP contribution in [0.4, 0.5) is 5.69 Å². The van der Waals surface area contributed by atoms with E-state index in [1.807, 2.05) is 0 Å². The summed E-state index contributed by atoms with van der Waals surface area (Å²) >= 11 is 0. The molecule has 0 aliphatic heterocycles. The van der Waals surface area contributed by atoms with Gasteiger partial charge in [0.05, 0.1) is 11.7 Å². The second kappa shape index (κ2) is 22.5. The molecule has 0 fully saturated rings. The van der Waals surface area contributed by atoms with Crippen LogP contribution in [0.3, 0.4) is 0 Å². The Labute approximate surface area is 442 Å². The molecular weight excluding hydrogens is 879 g/mol. The van der Waals surface area contributed by atoms with E-state index in [9.17, 15) is 0 Å². The van der Waals surface area contributed by atoms with Gasteiger partial charge in [-0.05, 0) is 190 Å². The normalized spacial score (nSPS) is 13.2. The molecule has 1 aliphatic rings. The highest BCUT2D eigenvalue weighted by atomic mass is 14.9. The maximum atomic E-state index is 4.21. The molecule has 0 saturated carbocycles. The Hall–Kier alpha value is -6.18. The van der Waals surface area contributed by atoms with Gasteiger partial charge >= 0.3 is 0 Å². The minimum Gasteiger partial charge on any atom is -0.374 e. The van der Waals surface area contributed by atoms with Gasteiger partial charge in [0.2, 0.25) is 0 Å². The number of hydrogen-bond acceptors (Lipinski definition) is 1. The molecule has 0 heterocycles. The van der Waals surface area contributed by atoms with Crippen LogP contribution >= 0.6 is 0 Å². The second-order valence-corrected chi connectivity index (χ2v) is 23.6. The third-order valence-corrected chi connectivity index (χ3v) is 15.5. The summed E-state index contributed by atoms with van der Waals surface area (Å²) in [6, 6.07) is 50.2. The van der Waals surface area contributed by atoms with Crippen LogP contribution in [-0.2, 0) is 0 Å². The molecule has 1 N–H and O–H groups in total. The molecule has 0 saturated heterocycles. The van der Waals surface area contributed by atoms with Crippen LogP contribution < -0.4 is 5.32 Å². The highest BCUT2D eigenvalue weighted by molar-refractivity contribution is 5.98. The van der Waals surface area contributed by atoms with E-state index in [4.69, 9.17) is 0 Å². The summed E-state index contributed by atoms with van der Waals surface area (Å²) in [6.45, 7) is 37.6. The van der Waals surface area contributed by atoms with Crippen molar-refractivity contribution in [1.29, 1.82) is 0 Å². The summed E-state index contributed by atoms with van der Waals surface area (Å²) in [4.78, 5) is 0. The van der Waals surface area contributed by atoms with Gasteiger partial charge in [0, 0.05) is 11.1 Å². The summed E-state index contributed by atoms with van der Waals surface area (Å²) in [6.07, 6.45) is 10.2. The quantitative estimate of drug-likeness (QED) is 0.0952. The maximum absolute atomic E-state index is 4.21. The van der Waals surface area contributed by atoms with E-state index in [0.29, 0.717) is 47.3 Å². The fraction of sp³-hybridized carbons (Fsp3) is 0.361. The average molecular weight is 964 g/mol. The molecule has 1 nitrogen and oxygen atoms in total. The Morgan fingerprint density at radius 2 is 0.589 bits per heavy atom. The number of hydrogen-bond donors (Lipinski definition) is 1. The van der Waals surface area contributed by atoms with Gasteiger partial charge in [0.25, 0.3) is 0 Å². The second-order valence-electron chi connectivity index (χ2n) is 23.6. The lowest BCUT2D eigenvalue weighted by Gasteiger charge is -2.28. The summed E-state index contributed by atoms with van der Waals surface area (Å²) in [7, 11) is 0. The predicted octanol–water partition coefficient (Wildman–Crippen LogP) is 22.0. The molecule has 0 aromatic heterocycles. The van der Waals surface area contributed by atoms with Crippen molar-refractivity contribution in [2.24, 2.45) is 0 Å². The molecule has 7 aromatic carbocycles. The van der Waals surface area contributed by atoms with Gasteiger partial charge in [-0.25, -0.2) is 0 Å². The fourth-order valence-electron chi connectivity index (χ4n) is 11.7. The molecule has 1 aliphatic carbocycles. The van der Waals surface area contributed by atoms with Gasteiger partial charge in [-0.3, -0.25) is 0 Å². The average Bonchev–Trinajstić information content (AvgIpc) is 3.37. The van der Waals surface area contributed by atoms with Gasteiger partial charge in [-0.2, -0.15) is 0 Å². The van der Waals surface area contributed by atoms with Crippen molar-refractivity contribution < 1.29 is 0 Å². The maximum Gasteiger partial charge on any atom is 0.0629 e. The number of nitrogens with one attached hydrogen (secondary N) is 1. The fourth-order valence-corrected chi connectivity index (χ4v) is 11.7. The lowest BCUT2D eigenvalue weighted by Crippen LogP contribution is -2.17. The summed E-state index contributed by atoms with van der Waals surface area (Å²) in [5.74, 6) is 2.84. The standard InChI is InChI=1S/C72H85N/c1-43(2)58-29-21-30-59(44(3)4)68(58)54-38-53(39-55(40-54)69-60(45(5)6)31-22-32-61(69)46(7)8)51-25-20-26-52(37-51)66-41-56(70-62(47(9)10)33-23-34-63(70)48(11)12)42-67(72(66)73-57-27-18-17-19-28-57)71-64(49(13)14)35-24-36-65(71)50(15)16/h18-50,57,73H,17H2,1-16H3.